The molecule has 0 bridgehead atoms. The Morgan fingerprint density at radius 1 is 0.643 bits per heavy atom. The molecule has 8 N–H and O–H groups in total. The van der Waals surface area contributed by atoms with Crippen LogP contribution in [0.5, 0.6) is 0 Å². The first kappa shape index (κ1) is 17.8. The predicted molar refractivity (Wildman–Crippen MR) is 48.9 cm³/mol. The molecular formula is C6H14N4O4. The number of carbonyl (C=O) groups is 4. The third kappa shape index (κ3) is 220. The number of Topliss-reactive ketones (excluding diaryl/α,β-unsaturated/α-hetero) is 2. The van der Waals surface area contributed by atoms with Gasteiger partial charge in [0, 0.05) is 13.8 Å². The molecule has 0 aliphatic heterocycles. The number of rotatable bonds is 1. The van der Waals surface area contributed by atoms with Crippen molar-refractivity contribution in [3.63, 3.8) is 0 Å². The van der Waals surface area contributed by atoms with Crippen molar-refractivity contribution >= 4 is 23.6 Å². The standard InChI is InChI=1S/C4H6O2.2CH4N2O/c1-3(5)4(2)6;2*2-1(3)4/h1-2H3;2*(H4,2,3,4). The van der Waals surface area contributed by atoms with Crippen LogP contribution < -0.4 is 22.9 Å². The molecule has 4 amide bonds. The maximum Gasteiger partial charge on any atom is 0.309 e. The van der Waals surface area contributed by atoms with E-state index in [0.717, 1.165) is 0 Å². The van der Waals surface area contributed by atoms with Gasteiger partial charge in [-0.1, -0.05) is 0 Å². The number of hydrogen-bond donors (Lipinski definition) is 4. The number of urea groups is 2. The first-order valence-corrected chi connectivity index (χ1v) is 3.22. The highest BCUT2D eigenvalue weighted by atomic mass is 16.2. The molecule has 0 aromatic heterocycles. The Hall–Kier alpha value is -2.12. The van der Waals surface area contributed by atoms with Crippen molar-refractivity contribution in [2.45, 2.75) is 13.8 Å². The zero-order valence-electron chi connectivity index (χ0n) is 7.94. The van der Waals surface area contributed by atoms with Gasteiger partial charge in [-0.25, -0.2) is 9.59 Å². The van der Waals surface area contributed by atoms with E-state index in [1.165, 1.54) is 13.8 Å². The second-order valence-corrected chi connectivity index (χ2v) is 1.92. The second-order valence-electron chi connectivity index (χ2n) is 1.92. The van der Waals surface area contributed by atoms with Crippen molar-refractivity contribution in [1.82, 2.24) is 0 Å². The monoisotopic (exact) mass is 206 g/mol. The van der Waals surface area contributed by atoms with Crippen LogP contribution in [0.4, 0.5) is 9.59 Å². The van der Waals surface area contributed by atoms with Crippen molar-refractivity contribution in [2.75, 3.05) is 0 Å². The number of ketones is 2. The SMILES string of the molecule is CC(=O)C(C)=O.NC(N)=O.NC(N)=O. The van der Waals surface area contributed by atoms with Crippen LogP contribution in [-0.2, 0) is 9.59 Å². The number of hydrogen-bond acceptors (Lipinski definition) is 4. The average molecular weight is 206 g/mol. The molecule has 0 spiro atoms. The Balaban J connectivity index is -0.000000135. The molecule has 0 fully saturated rings. The molecule has 0 rings (SSSR count). The number of primary amides is 4. The first-order valence-electron chi connectivity index (χ1n) is 3.22. The summed E-state index contributed by atoms with van der Waals surface area (Å²) in [5.41, 5.74) is 17.0. The first-order chi connectivity index (χ1) is 6.11. The number of nitrogens with two attached hydrogens (primary N) is 4. The van der Waals surface area contributed by atoms with Crippen LogP contribution in [0, 0.1) is 0 Å². The van der Waals surface area contributed by atoms with E-state index >= 15 is 0 Å². The summed E-state index contributed by atoms with van der Waals surface area (Å²) in [6.45, 7) is 2.50. The molecule has 0 saturated heterocycles. The molecule has 0 aromatic rings. The van der Waals surface area contributed by atoms with Gasteiger partial charge in [0.1, 0.15) is 0 Å². The minimum absolute atomic E-state index is 0.380. The van der Waals surface area contributed by atoms with Gasteiger partial charge >= 0.3 is 12.1 Å². The smallest absolute Gasteiger partial charge is 0.309 e. The summed E-state index contributed by atoms with van der Waals surface area (Å²) in [5, 5.41) is 0. The summed E-state index contributed by atoms with van der Waals surface area (Å²) in [6, 6.07) is -1.67. The Bertz CT molecular complexity index is 194. The van der Waals surface area contributed by atoms with Crippen LogP contribution in [-0.4, -0.2) is 23.6 Å². The summed E-state index contributed by atoms with van der Waals surface area (Å²) in [5.74, 6) is -0.759. The lowest BCUT2D eigenvalue weighted by molar-refractivity contribution is -0.134. The van der Waals surface area contributed by atoms with E-state index in [-0.39, 0.29) is 11.6 Å². The fourth-order valence-electron chi connectivity index (χ4n) is 0. The Kier molecular flexibility index (Phi) is 13.9. The second kappa shape index (κ2) is 10.9. The van der Waals surface area contributed by atoms with Gasteiger partial charge in [-0.05, 0) is 0 Å². The summed E-state index contributed by atoms with van der Waals surface area (Å²) >= 11 is 0. The quantitative estimate of drug-likeness (QED) is 0.371. The molecular weight excluding hydrogens is 192 g/mol. The molecule has 0 aliphatic rings. The van der Waals surface area contributed by atoms with Crippen molar-refractivity contribution < 1.29 is 19.2 Å². The fourth-order valence-corrected chi connectivity index (χ4v) is 0. The molecule has 0 saturated carbocycles. The molecule has 14 heavy (non-hydrogen) atoms. The van der Waals surface area contributed by atoms with Crippen LogP contribution in [0.15, 0.2) is 0 Å². The van der Waals surface area contributed by atoms with Gasteiger partial charge in [-0.15, -0.1) is 0 Å². The zero-order chi connectivity index (χ0) is 12.3. The van der Waals surface area contributed by atoms with Crippen molar-refractivity contribution in [2.24, 2.45) is 22.9 Å². The Morgan fingerprint density at radius 3 is 0.714 bits per heavy atom. The highest BCUT2D eigenvalue weighted by molar-refractivity contribution is 6.35. The Morgan fingerprint density at radius 2 is 0.714 bits per heavy atom. The third-order valence-electron chi connectivity index (χ3n) is 0.496. The fraction of sp³-hybridized carbons (Fsp3) is 0.333. The largest absolute Gasteiger partial charge is 0.352 e. The van der Waals surface area contributed by atoms with Crippen molar-refractivity contribution in [3.8, 4) is 0 Å². The van der Waals surface area contributed by atoms with E-state index < -0.39 is 12.1 Å². The molecule has 8 nitrogen and oxygen atoms in total. The van der Waals surface area contributed by atoms with Gasteiger partial charge in [-0.2, -0.15) is 0 Å². The van der Waals surface area contributed by atoms with Crippen LogP contribution in [0.25, 0.3) is 0 Å². The highest BCUT2D eigenvalue weighted by Gasteiger charge is 1.94. The van der Waals surface area contributed by atoms with E-state index in [9.17, 15) is 9.59 Å². The molecule has 82 valence electrons. The lowest BCUT2D eigenvalue weighted by atomic mass is 10.3. The van der Waals surface area contributed by atoms with Gasteiger partial charge in [0.25, 0.3) is 0 Å². The molecule has 0 aliphatic carbocycles. The zero-order valence-corrected chi connectivity index (χ0v) is 7.94. The topological polar surface area (TPSA) is 172 Å². The van der Waals surface area contributed by atoms with E-state index in [1.54, 1.807) is 0 Å². The van der Waals surface area contributed by atoms with Gasteiger partial charge in [-0.3, -0.25) is 9.59 Å². The number of carbonyl (C=O) groups excluding carboxylic acids is 4. The maximum absolute atomic E-state index is 9.79. The summed E-state index contributed by atoms with van der Waals surface area (Å²) in [4.78, 5) is 37.6. The van der Waals surface area contributed by atoms with Crippen LogP contribution in [0.2, 0.25) is 0 Å². The maximum atomic E-state index is 9.79. The summed E-state index contributed by atoms with van der Waals surface area (Å²) in [6.07, 6.45) is 0. The molecule has 0 unspecified atom stereocenters. The minimum atomic E-state index is -0.833. The molecule has 0 heterocycles. The van der Waals surface area contributed by atoms with E-state index in [1.807, 2.05) is 0 Å². The number of amides is 4. The van der Waals surface area contributed by atoms with Gasteiger partial charge < -0.3 is 22.9 Å². The van der Waals surface area contributed by atoms with E-state index in [2.05, 4.69) is 22.9 Å². The summed E-state index contributed by atoms with van der Waals surface area (Å²) in [7, 11) is 0. The van der Waals surface area contributed by atoms with Crippen LogP contribution in [0.3, 0.4) is 0 Å². The minimum Gasteiger partial charge on any atom is -0.352 e. The van der Waals surface area contributed by atoms with Crippen molar-refractivity contribution in [3.05, 3.63) is 0 Å². The Labute approximate surface area is 80.6 Å². The normalized spacial score (nSPS) is 6.71. The van der Waals surface area contributed by atoms with Crippen LogP contribution in [0.1, 0.15) is 13.8 Å². The average Bonchev–Trinajstić information content (AvgIpc) is 1.83. The predicted octanol–water partition coefficient (Wildman–Crippen LogP) is -1.79. The lowest BCUT2D eigenvalue weighted by Gasteiger charge is -1.73. The van der Waals surface area contributed by atoms with Gasteiger partial charge in [0.2, 0.25) is 0 Å². The van der Waals surface area contributed by atoms with E-state index in [0.29, 0.717) is 0 Å². The third-order valence-corrected chi connectivity index (χ3v) is 0.496. The van der Waals surface area contributed by atoms with Crippen molar-refractivity contribution in [1.29, 1.82) is 0 Å². The molecule has 0 radical (unpaired) electrons. The lowest BCUT2D eigenvalue weighted by Crippen LogP contribution is -2.18. The summed E-state index contributed by atoms with van der Waals surface area (Å²) < 4.78 is 0. The highest BCUT2D eigenvalue weighted by Crippen LogP contribution is 1.66. The molecule has 0 aromatic carbocycles. The van der Waals surface area contributed by atoms with E-state index in [4.69, 9.17) is 9.59 Å². The molecule has 0 atom stereocenters. The van der Waals surface area contributed by atoms with Crippen LogP contribution >= 0.6 is 0 Å². The van der Waals surface area contributed by atoms with Gasteiger partial charge in [0.15, 0.2) is 11.6 Å². The molecule has 8 heteroatoms. The van der Waals surface area contributed by atoms with Gasteiger partial charge in [0.05, 0.1) is 0 Å².